The zero-order chi connectivity index (χ0) is 18.5. The van der Waals surface area contributed by atoms with Crippen LogP contribution in [-0.2, 0) is 13.0 Å². The highest BCUT2D eigenvalue weighted by molar-refractivity contribution is 5.94. The second kappa shape index (κ2) is 7.95. The predicted molar refractivity (Wildman–Crippen MR) is 99.7 cm³/mol. The number of hydrogen-bond donors (Lipinski definition) is 1. The molecular formula is C21H22FN3O. The molecule has 3 rings (SSSR count). The molecule has 0 radical (unpaired) electrons. The normalized spacial score (nSPS) is 10.7. The Hall–Kier alpha value is -2.95. The number of rotatable bonds is 6. The molecule has 1 amide bonds. The van der Waals surface area contributed by atoms with Gasteiger partial charge in [0.25, 0.3) is 5.91 Å². The first-order valence-electron chi connectivity index (χ1n) is 8.64. The van der Waals surface area contributed by atoms with E-state index in [2.05, 4.69) is 10.4 Å². The fourth-order valence-corrected chi connectivity index (χ4v) is 2.93. The van der Waals surface area contributed by atoms with Crippen LogP contribution in [0.2, 0.25) is 0 Å². The molecule has 1 N–H and O–H groups in total. The third-order valence-corrected chi connectivity index (χ3v) is 4.26. The van der Waals surface area contributed by atoms with E-state index in [1.54, 1.807) is 24.3 Å². The van der Waals surface area contributed by atoms with Crippen molar-refractivity contribution in [3.05, 3.63) is 88.5 Å². The third kappa shape index (κ3) is 4.36. The molecule has 134 valence electrons. The fourth-order valence-electron chi connectivity index (χ4n) is 2.93. The minimum atomic E-state index is -0.242. The van der Waals surface area contributed by atoms with E-state index in [1.165, 1.54) is 6.07 Å². The van der Waals surface area contributed by atoms with E-state index in [-0.39, 0.29) is 11.7 Å². The van der Waals surface area contributed by atoms with Crippen LogP contribution in [0.3, 0.4) is 0 Å². The van der Waals surface area contributed by atoms with E-state index in [0.717, 1.165) is 17.0 Å². The standard InChI is InChI=1S/C21H22FN3O/c1-15-12-16(2)25(24-15)14-17-6-5-8-19(13-17)21(26)23-11-10-18-7-3-4-9-20(18)22/h3-9,12-13H,10-11,14H2,1-2H3,(H,23,26). The highest BCUT2D eigenvalue weighted by atomic mass is 19.1. The van der Waals surface area contributed by atoms with E-state index < -0.39 is 0 Å². The number of halogens is 1. The summed E-state index contributed by atoms with van der Waals surface area (Å²) in [6.45, 7) is 4.99. The van der Waals surface area contributed by atoms with Crippen molar-refractivity contribution < 1.29 is 9.18 Å². The molecule has 3 aromatic rings. The molecule has 26 heavy (non-hydrogen) atoms. The van der Waals surface area contributed by atoms with Crippen molar-refractivity contribution in [1.29, 1.82) is 0 Å². The van der Waals surface area contributed by atoms with Crippen LogP contribution in [0.15, 0.2) is 54.6 Å². The number of nitrogens with one attached hydrogen (secondary N) is 1. The monoisotopic (exact) mass is 351 g/mol. The minimum absolute atomic E-state index is 0.156. The summed E-state index contributed by atoms with van der Waals surface area (Å²) in [6.07, 6.45) is 0.462. The number of aromatic nitrogens is 2. The lowest BCUT2D eigenvalue weighted by molar-refractivity contribution is 0.0954. The van der Waals surface area contributed by atoms with Crippen LogP contribution in [0.4, 0.5) is 4.39 Å². The molecule has 0 bridgehead atoms. The van der Waals surface area contributed by atoms with Gasteiger partial charge in [0.1, 0.15) is 5.82 Å². The molecule has 2 aromatic carbocycles. The number of benzene rings is 2. The number of amides is 1. The average molecular weight is 351 g/mol. The Bertz CT molecular complexity index is 917. The summed E-state index contributed by atoms with van der Waals surface area (Å²) in [5.74, 6) is -0.398. The SMILES string of the molecule is Cc1cc(C)n(Cc2cccc(C(=O)NCCc3ccccc3F)c2)n1. The molecule has 0 aliphatic carbocycles. The lowest BCUT2D eigenvalue weighted by Gasteiger charge is -2.09. The van der Waals surface area contributed by atoms with Crippen molar-refractivity contribution in [3.63, 3.8) is 0 Å². The molecule has 0 aliphatic rings. The lowest BCUT2D eigenvalue weighted by atomic mass is 10.1. The summed E-state index contributed by atoms with van der Waals surface area (Å²) in [5, 5.41) is 7.31. The first kappa shape index (κ1) is 17.9. The highest BCUT2D eigenvalue weighted by Crippen LogP contribution is 2.10. The number of aryl methyl sites for hydroxylation is 2. The maximum absolute atomic E-state index is 13.6. The Morgan fingerprint density at radius 1 is 1.12 bits per heavy atom. The summed E-state index contributed by atoms with van der Waals surface area (Å²) < 4.78 is 15.5. The summed E-state index contributed by atoms with van der Waals surface area (Å²) in [7, 11) is 0. The van der Waals surface area contributed by atoms with Gasteiger partial charge in [-0.25, -0.2) is 4.39 Å². The molecule has 0 unspecified atom stereocenters. The predicted octanol–water partition coefficient (Wildman–Crippen LogP) is 3.66. The summed E-state index contributed by atoms with van der Waals surface area (Å²) in [5.41, 5.74) is 4.27. The van der Waals surface area contributed by atoms with Crippen molar-refractivity contribution in [1.82, 2.24) is 15.1 Å². The topological polar surface area (TPSA) is 46.9 Å². The summed E-state index contributed by atoms with van der Waals surface area (Å²) in [6, 6.07) is 16.1. The maximum Gasteiger partial charge on any atom is 0.251 e. The van der Waals surface area contributed by atoms with Crippen LogP contribution >= 0.6 is 0 Å². The molecule has 0 aliphatic heterocycles. The van der Waals surface area contributed by atoms with Crippen LogP contribution < -0.4 is 5.32 Å². The first-order chi connectivity index (χ1) is 12.5. The van der Waals surface area contributed by atoms with Gasteiger partial charge in [-0.05, 0) is 55.7 Å². The van der Waals surface area contributed by atoms with E-state index >= 15 is 0 Å². The molecular weight excluding hydrogens is 329 g/mol. The van der Waals surface area contributed by atoms with E-state index in [0.29, 0.717) is 30.6 Å². The maximum atomic E-state index is 13.6. The highest BCUT2D eigenvalue weighted by Gasteiger charge is 2.08. The third-order valence-electron chi connectivity index (χ3n) is 4.26. The number of carbonyl (C=O) groups excluding carboxylic acids is 1. The van der Waals surface area contributed by atoms with Crippen LogP contribution in [-0.4, -0.2) is 22.2 Å². The zero-order valence-electron chi connectivity index (χ0n) is 15.0. The van der Waals surface area contributed by atoms with E-state index in [9.17, 15) is 9.18 Å². The molecule has 0 fully saturated rings. The molecule has 0 atom stereocenters. The van der Waals surface area contributed by atoms with E-state index in [4.69, 9.17) is 0 Å². The van der Waals surface area contributed by atoms with Gasteiger partial charge in [-0.3, -0.25) is 9.48 Å². The number of carbonyl (C=O) groups is 1. The number of hydrogen-bond acceptors (Lipinski definition) is 2. The smallest absolute Gasteiger partial charge is 0.251 e. The van der Waals surface area contributed by atoms with Gasteiger partial charge in [-0.1, -0.05) is 30.3 Å². The quantitative estimate of drug-likeness (QED) is 0.737. The Labute approximate surface area is 152 Å². The van der Waals surface area contributed by atoms with Crippen LogP contribution in [0.25, 0.3) is 0 Å². The van der Waals surface area contributed by atoms with Crippen molar-refractivity contribution in [3.8, 4) is 0 Å². The minimum Gasteiger partial charge on any atom is -0.352 e. The summed E-state index contributed by atoms with van der Waals surface area (Å²) in [4.78, 5) is 12.4. The molecule has 0 saturated carbocycles. The second-order valence-electron chi connectivity index (χ2n) is 6.38. The van der Waals surface area contributed by atoms with Crippen molar-refractivity contribution in [2.45, 2.75) is 26.8 Å². The lowest BCUT2D eigenvalue weighted by Crippen LogP contribution is -2.26. The fraction of sp³-hybridized carbons (Fsp3) is 0.238. The zero-order valence-corrected chi connectivity index (χ0v) is 15.0. The Balaban J connectivity index is 1.61. The van der Waals surface area contributed by atoms with Gasteiger partial charge >= 0.3 is 0 Å². The Kier molecular flexibility index (Phi) is 5.46. The van der Waals surface area contributed by atoms with Gasteiger partial charge in [0.05, 0.1) is 12.2 Å². The average Bonchev–Trinajstić information content (AvgIpc) is 2.94. The molecule has 4 nitrogen and oxygen atoms in total. The van der Waals surface area contributed by atoms with Gasteiger partial charge in [0.2, 0.25) is 0 Å². The number of nitrogens with zero attached hydrogens (tertiary/aromatic N) is 2. The van der Waals surface area contributed by atoms with Crippen LogP contribution in [0.5, 0.6) is 0 Å². The second-order valence-corrected chi connectivity index (χ2v) is 6.38. The molecule has 1 aromatic heterocycles. The van der Waals surface area contributed by atoms with Gasteiger partial charge in [0.15, 0.2) is 0 Å². The van der Waals surface area contributed by atoms with Gasteiger partial charge in [-0.2, -0.15) is 5.10 Å². The van der Waals surface area contributed by atoms with E-state index in [1.807, 2.05) is 42.8 Å². The van der Waals surface area contributed by atoms with Crippen molar-refractivity contribution in [2.75, 3.05) is 6.54 Å². The molecule has 0 saturated heterocycles. The Morgan fingerprint density at radius 3 is 2.65 bits per heavy atom. The first-order valence-corrected chi connectivity index (χ1v) is 8.64. The van der Waals surface area contributed by atoms with Crippen LogP contribution in [0, 0.1) is 19.7 Å². The summed E-state index contributed by atoms with van der Waals surface area (Å²) >= 11 is 0. The van der Waals surface area contributed by atoms with Crippen molar-refractivity contribution >= 4 is 5.91 Å². The van der Waals surface area contributed by atoms with Crippen LogP contribution in [0.1, 0.15) is 32.9 Å². The van der Waals surface area contributed by atoms with Gasteiger partial charge < -0.3 is 5.32 Å². The molecule has 1 heterocycles. The molecule has 5 heteroatoms. The van der Waals surface area contributed by atoms with Gasteiger partial charge in [-0.15, -0.1) is 0 Å². The van der Waals surface area contributed by atoms with Gasteiger partial charge in [0, 0.05) is 17.8 Å². The molecule has 0 spiro atoms. The largest absolute Gasteiger partial charge is 0.352 e. The Morgan fingerprint density at radius 2 is 1.92 bits per heavy atom. The van der Waals surface area contributed by atoms with Crippen molar-refractivity contribution in [2.24, 2.45) is 0 Å².